The topological polar surface area (TPSA) is 78.4 Å². The van der Waals surface area contributed by atoms with Crippen LogP contribution in [0.4, 0.5) is 5.69 Å². The van der Waals surface area contributed by atoms with E-state index in [0.29, 0.717) is 17.1 Å². The van der Waals surface area contributed by atoms with Gasteiger partial charge in [-0.05, 0) is 31.0 Å². The number of aryl methyl sites for hydroxylation is 1. The van der Waals surface area contributed by atoms with Gasteiger partial charge in [-0.2, -0.15) is 0 Å². The van der Waals surface area contributed by atoms with Crippen molar-refractivity contribution in [3.05, 3.63) is 63.7 Å². The fraction of sp³-hybridized carbons (Fsp3) is 0.250. The molecule has 0 aliphatic rings. The number of hydrogen-bond donors (Lipinski definition) is 1. The van der Waals surface area contributed by atoms with Gasteiger partial charge in [-0.1, -0.05) is 25.1 Å². The van der Waals surface area contributed by atoms with E-state index in [9.17, 15) is 10.1 Å². The van der Waals surface area contributed by atoms with Crippen molar-refractivity contribution in [2.24, 2.45) is 5.73 Å². The largest absolute Gasteiger partial charge is 0.457 e. The average molecular weight is 286 g/mol. The molecule has 21 heavy (non-hydrogen) atoms. The van der Waals surface area contributed by atoms with E-state index < -0.39 is 4.92 Å². The highest BCUT2D eigenvalue weighted by Gasteiger charge is 2.13. The zero-order valence-electron chi connectivity index (χ0n) is 12.1. The van der Waals surface area contributed by atoms with Crippen molar-refractivity contribution in [1.29, 1.82) is 0 Å². The van der Waals surface area contributed by atoms with E-state index in [2.05, 4.69) is 0 Å². The smallest absolute Gasteiger partial charge is 0.269 e. The summed E-state index contributed by atoms with van der Waals surface area (Å²) in [6, 6.07) is 12.0. The molecule has 2 aromatic rings. The third kappa shape index (κ3) is 3.38. The van der Waals surface area contributed by atoms with Crippen molar-refractivity contribution < 1.29 is 9.66 Å². The van der Waals surface area contributed by atoms with Crippen LogP contribution in [-0.4, -0.2) is 4.92 Å². The summed E-state index contributed by atoms with van der Waals surface area (Å²) in [5.74, 6) is 1.28. The fourth-order valence-corrected chi connectivity index (χ4v) is 2.08. The number of hydrogen-bond acceptors (Lipinski definition) is 4. The predicted octanol–water partition coefficient (Wildman–Crippen LogP) is 4.11. The molecule has 2 N–H and O–H groups in total. The molecule has 0 amide bonds. The molecule has 0 spiro atoms. The minimum absolute atomic E-state index is 0.0541. The zero-order chi connectivity index (χ0) is 15.4. The molecule has 0 bridgehead atoms. The molecule has 2 aromatic carbocycles. The first-order chi connectivity index (χ1) is 10.0. The minimum atomic E-state index is -0.419. The van der Waals surface area contributed by atoms with Crippen LogP contribution in [0.5, 0.6) is 11.5 Å². The Kier molecular flexibility index (Phi) is 4.55. The summed E-state index contributed by atoms with van der Waals surface area (Å²) in [4.78, 5) is 10.3. The average Bonchev–Trinajstić information content (AvgIpc) is 2.49. The van der Waals surface area contributed by atoms with Crippen molar-refractivity contribution in [3.8, 4) is 11.5 Å². The van der Waals surface area contributed by atoms with Gasteiger partial charge in [-0.25, -0.2) is 0 Å². The molecule has 1 atom stereocenters. The molecular weight excluding hydrogens is 268 g/mol. The second-order valence-corrected chi connectivity index (χ2v) is 4.86. The molecule has 0 heterocycles. The molecule has 110 valence electrons. The van der Waals surface area contributed by atoms with Gasteiger partial charge in [0.25, 0.3) is 5.69 Å². The summed E-state index contributed by atoms with van der Waals surface area (Å²) in [7, 11) is 0. The Morgan fingerprint density at radius 3 is 2.57 bits per heavy atom. The molecule has 0 aromatic heterocycles. The van der Waals surface area contributed by atoms with Gasteiger partial charge in [0.15, 0.2) is 0 Å². The molecule has 2 rings (SSSR count). The van der Waals surface area contributed by atoms with Gasteiger partial charge in [0, 0.05) is 23.7 Å². The van der Waals surface area contributed by atoms with E-state index in [1.807, 2.05) is 31.2 Å². The van der Waals surface area contributed by atoms with Gasteiger partial charge in [0.05, 0.1) is 4.92 Å². The molecule has 0 fully saturated rings. The van der Waals surface area contributed by atoms with E-state index in [4.69, 9.17) is 10.5 Å². The molecule has 0 aliphatic carbocycles. The lowest BCUT2D eigenvalue weighted by Crippen LogP contribution is -2.09. The molecule has 5 heteroatoms. The quantitative estimate of drug-likeness (QED) is 0.662. The zero-order valence-corrected chi connectivity index (χ0v) is 12.1. The highest BCUT2D eigenvalue weighted by atomic mass is 16.6. The second-order valence-electron chi connectivity index (χ2n) is 4.86. The van der Waals surface area contributed by atoms with Gasteiger partial charge in [0.1, 0.15) is 11.5 Å². The van der Waals surface area contributed by atoms with Crippen LogP contribution in [0.3, 0.4) is 0 Å². The Bertz CT molecular complexity index is 656. The monoisotopic (exact) mass is 286 g/mol. The van der Waals surface area contributed by atoms with Gasteiger partial charge >= 0.3 is 0 Å². The number of ether oxygens (including phenoxy) is 1. The third-order valence-corrected chi connectivity index (χ3v) is 3.35. The van der Waals surface area contributed by atoms with Gasteiger partial charge < -0.3 is 10.5 Å². The summed E-state index contributed by atoms with van der Waals surface area (Å²) in [6.07, 6.45) is 0.805. The van der Waals surface area contributed by atoms with Gasteiger partial charge in [0.2, 0.25) is 0 Å². The summed E-state index contributed by atoms with van der Waals surface area (Å²) in [5.41, 5.74) is 7.78. The summed E-state index contributed by atoms with van der Waals surface area (Å²) in [6.45, 7) is 3.79. The Hall–Kier alpha value is -2.40. The van der Waals surface area contributed by atoms with Crippen LogP contribution < -0.4 is 10.5 Å². The van der Waals surface area contributed by atoms with Crippen molar-refractivity contribution in [3.63, 3.8) is 0 Å². The van der Waals surface area contributed by atoms with E-state index in [1.54, 1.807) is 13.0 Å². The van der Waals surface area contributed by atoms with Crippen LogP contribution in [0.15, 0.2) is 42.5 Å². The predicted molar refractivity (Wildman–Crippen MR) is 81.6 cm³/mol. The molecule has 0 unspecified atom stereocenters. The number of non-ortho nitro benzene ring substituents is 1. The third-order valence-electron chi connectivity index (χ3n) is 3.35. The second kappa shape index (κ2) is 6.37. The first kappa shape index (κ1) is 15.0. The van der Waals surface area contributed by atoms with E-state index in [0.717, 1.165) is 12.0 Å². The van der Waals surface area contributed by atoms with Crippen LogP contribution >= 0.6 is 0 Å². The number of nitro groups is 1. The molecule has 0 saturated carbocycles. The van der Waals surface area contributed by atoms with Crippen molar-refractivity contribution in [2.75, 3.05) is 0 Å². The van der Waals surface area contributed by atoms with E-state index in [-0.39, 0.29) is 11.7 Å². The van der Waals surface area contributed by atoms with Crippen LogP contribution in [0.25, 0.3) is 0 Å². The maximum atomic E-state index is 10.8. The van der Waals surface area contributed by atoms with Crippen molar-refractivity contribution >= 4 is 5.69 Å². The minimum Gasteiger partial charge on any atom is -0.457 e. The van der Waals surface area contributed by atoms with E-state index >= 15 is 0 Å². The fourth-order valence-electron chi connectivity index (χ4n) is 2.08. The summed E-state index contributed by atoms with van der Waals surface area (Å²) < 4.78 is 5.90. The van der Waals surface area contributed by atoms with Crippen molar-refractivity contribution in [2.45, 2.75) is 26.3 Å². The Labute approximate surface area is 123 Å². The standard InChI is InChI=1S/C16H18N2O3/c1-3-14(17)13-6-4-5-7-16(13)21-15-9-8-12(18(19)20)10-11(15)2/h4-10,14H,3,17H2,1-2H3/t14-/m0/s1. The normalized spacial score (nSPS) is 12.0. The lowest BCUT2D eigenvalue weighted by molar-refractivity contribution is -0.384. The highest BCUT2D eigenvalue weighted by Crippen LogP contribution is 2.32. The number of nitrogens with zero attached hydrogens (tertiary/aromatic N) is 1. The summed E-state index contributed by atoms with van der Waals surface area (Å²) in [5, 5.41) is 10.8. The number of benzene rings is 2. The molecule has 5 nitrogen and oxygen atoms in total. The number of nitro benzene ring substituents is 1. The summed E-state index contributed by atoms with van der Waals surface area (Å²) >= 11 is 0. The molecular formula is C16H18N2O3. The Morgan fingerprint density at radius 2 is 1.95 bits per heavy atom. The van der Waals surface area contributed by atoms with Crippen LogP contribution in [0.2, 0.25) is 0 Å². The van der Waals surface area contributed by atoms with Gasteiger partial charge in [-0.3, -0.25) is 10.1 Å². The molecule has 0 aliphatic heterocycles. The first-order valence-corrected chi connectivity index (χ1v) is 6.80. The van der Waals surface area contributed by atoms with Crippen LogP contribution in [-0.2, 0) is 0 Å². The maximum absolute atomic E-state index is 10.8. The maximum Gasteiger partial charge on any atom is 0.269 e. The first-order valence-electron chi connectivity index (χ1n) is 6.80. The van der Waals surface area contributed by atoms with Crippen LogP contribution in [0, 0.1) is 17.0 Å². The van der Waals surface area contributed by atoms with E-state index in [1.165, 1.54) is 12.1 Å². The van der Waals surface area contributed by atoms with Gasteiger partial charge in [-0.15, -0.1) is 0 Å². The lowest BCUT2D eigenvalue weighted by Gasteiger charge is -2.16. The van der Waals surface area contributed by atoms with Crippen LogP contribution in [0.1, 0.15) is 30.5 Å². The number of rotatable bonds is 5. The van der Waals surface area contributed by atoms with Crippen molar-refractivity contribution in [1.82, 2.24) is 0 Å². The molecule has 0 radical (unpaired) electrons. The molecule has 0 saturated heterocycles. The number of nitrogens with two attached hydrogens (primary N) is 1. The number of para-hydroxylation sites is 1. The highest BCUT2D eigenvalue weighted by molar-refractivity contribution is 5.46. The Balaban J connectivity index is 2.33. The SMILES string of the molecule is CC[C@H](N)c1ccccc1Oc1ccc([N+](=O)[O-])cc1C. The lowest BCUT2D eigenvalue weighted by atomic mass is 10.0. The Morgan fingerprint density at radius 1 is 1.24 bits per heavy atom.